The number of benzene rings is 1. The van der Waals surface area contributed by atoms with E-state index in [2.05, 4.69) is 85.8 Å². The highest BCUT2D eigenvalue weighted by Gasteiger charge is 2.23. The fourth-order valence-corrected chi connectivity index (χ4v) is 3.69. The second kappa shape index (κ2) is 8.10. The summed E-state index contributed by atoms with van der Waals surface area (Å²) in [7, 11) is 0. The molecule has 0 saturated heterocycles. The van der Waals surface area contributed by atoms with E-state index in [0.717, 1.165) is 29.2 Å². The van der Waals surface area contributed by atoms with Crippen LogP contribution in [0.1, 0.15) is 78.1 Å². The molecular weight excluding hydrogens is 346 g/mol. The van der Waals surface area contributed by atoms with Crippen molar-refractivity contribution in [2.75, 3.05) is 5.32 Å². The number of amides is 1. The summed E-state index contributed by atoms with van der Waals surface area (Å²) in [5.74, 6) is 1.12. The average Bonchev–Trinajstić information content (AvgIpc) is 2.88. The molecule has 0 aliphatic carbocycles. The van der Waals surface area contributed by atoms with Crippen molar-refractivity contribution in [3.05, 3.63) is 41.1 Å². The van der Waals surface area contributed by atoms with Gasteiger partial charge >= 0.3 is 0 Å². The van der Waals surface area contributed by atoms with E-state index in [1.165, 1.54) is 5.56 Å². The number of rotatable bonds is 5. The van der Waals surface area contributed by atoms with Gasteiger partial charge in [0.1, 0.15) is 5.82 Å². The van der Waals surface area contributed by atoms with E-state index >= 15 is 0 Å². The molecule has 1 aromatic heterocycles. The minimum atomic E-state index is -0.0944. The van der Waals surface area contributed by atoms with E-state index in [-0.39, 0.29) is 16.7 Å². The molecule has 1 unspecified atom stereocenters. The van der Waals surface area contributed by atoms with Crippen molar-refractivity contribution >= 4 is 11.7 Å². The Hall–Kier alpha value is -2.10. The molecule has 1 aromatic carbocycles. The maximum atomic E-state index is 12.7. The predicted octanol–water partition coefficient (Wildman–Crippen LogP) is 6.19. The summed E-state index contributed by atoms with van der Waals surface area (Å²) in [4.78, 5) is 12.7. The maximum Gasteiger partial charge on any atom is 0.225 e. The van der Waals surface area contributed by atoms with E-state index in [1.54, 1.807) is 0 Å². The van der Waals surface area contributed by atoms with Crippen LogP contribution < -0.4 is 5.32 Å². The van der Waals surface area contributed by atoms with Gasteiger partial charge < -0.3 is 5.32 Å². The second-order valence-corrected chi connectivity index (χ2v) is 10.5. The quantitative estimate of drug-likeness (QED) is 0.669. The lowest BCUT2D eigenvalue weighted by Gasteiger charge is -2.22. The van der Waals surface area contributed by atoms with E-state index in [0.29, 0.717) is 12.3 Å². The molecule has 0 fully saturated rings. The van der Waals surface area contributed by atoms with Gasteiger partial charge in [-0.05, 0) is 43.2 Å². The number of carbonyl (C=O) groups excluding carboxylic acids is 1. The largest absolute Gasteiger partial charge is 0.311 e. The molecule has 1 atom stereocenters. The topological polar surface area (TPSA) is 46.9 Å². The Kier molecular flexibility index (Phi) is 6.42. The number of hydrogen-bond donors (Lipinski definition) is 1. The zero-order valence-electron chi connectivity index (χ0n) is 19.1. The van der Waals surface area contributed by atoms with Crippen molar-refractivity contribution in [1.29, 1.82) is 0 Å². The van der Waals surface area contributed by atoms with Crippen LogP contribution in [-0.2, 0) is 10.2 Å². The van der Waals surface area contributed by atoms with Crippen LogP contribution in [0.4, 0.5) is 5.82 Å². The van der Waals surface area contributed by atoms with Gasteiger partial charge in [0, 0.05) is 17.9 Å². The number of carbonyl (C=O) groups is 1. The zero-order valence-corrected chi connectivity index (χ0v) is 19.1. The zero-order chi connectivity index (χ0) is 21.3. The van der Waals surface area contributed by atoms with E-state index in [4.69, 9.17) is 5.10 Å². The molecule has 4 nitrogen and oxygen atoms in total. The molecule has 28 heavy (non-hydrogen) atoms. The van der Waals surface area contributed by atoms with Crippen LogP contribution in [0.25, 0.3) is 5.69 Å². The monoisotopic (exact) mass is 383 g/mol. The Morgan fingerprint density at radius 1 is 1.11 bits per heavy atom. The number of aryl methyl sites for hydroxylation is 2. The SMILES string of the molecule is Cc1ccc(-n2nc(C(C)(C)C)cc2NC(=O)CC(C)CC(C)(C)C)c(C)c1. The molecule has 0 saturated carbocycles. The lowest BCUT2D eigenvalue weighted by Crippen LogP contribution is -2.20. The Morgan fingerprint density at radius 3 is 2.29 bits per heavy atom. The smallest absolute Gasteiger partial charge is 0.225 e. The van der Waals surface area contributed by atoms with Crippen molar-refractivity contribution < 1.29 is 4.79 Å². The summed E-state index contributed by atoms with van der Waals surface area (Å²) >= 11 is 0. The maximum absolute atomic E-state index is 12.7. The predicted molar refractivity (Wildman–Crippen MR) is 118 cm³/mol. The molecule has 1 amide bonds. The highest BCUT2D eigenvalue weighted by molar-refractivity contribution is 5.90. The van der Waals surface area contributed by atoms with Gasteiger partial charge in [-0.3, -0.25) is 4.79 Å². The number of nitrogens with zero attached hydrogens (tertiary/aromatic N) is 2. The lowest BCUT2D eigenvalue weighted by atomic mass is 9.84. The van der Waals surface area contributed by atoms with Crippen molar-refractivity contribution in [2.24, 2.45) is 11.3 Å². The van der Waals surface area contributed by atoms with Crippen LogP contribution >= 0.6 is 0 Å². The molecule has 2 aromatic rings. The third kappa shape index (κ3) is 5.95. The van der Waals surface area contributed by atoms with E-state index in [1.807, 2.05) is 10.7 Å². The van der Waals surface area contributed by atoms with Gasteiger partial charge in [0.05, 0.1) is 11.4 Å². The molecule has 1 N–H and O–H groups in total. The summed E-state index contributed by atoms with van der Waals surface area (Å²) in [6.07, 6.45) is 1.53. The van der Waals surface area contributed by atoms with Crippen LogP contribution in [0.2, 0.25) is 0 Å². The van der Waals surface area contributed by atoms with Crippen molar-refractivity contribution in [1.82, 2.24) is 9.78 Å². The first-order chi connectivity index (χ1) is 12.8. The standard InChI is InChI=1S/C24H37N3O/c1-16-10-11-19(18(3)12-16)27-21(14-20(26-27)24(7,8)9)25-22(28)13-17(2)15-23(4,5)6/h10-12,14,17H,13,15H2,1-9H3,(H,25,28). The molecule has 0 aliphatic heterocycles. The first-order valence-electron chi connectivity index (χ1n) is 10.2. The van der Waals surface area contributed by atoms with Gasteiger partial charge in [-0.1, -0.05) is 66.2 Å². The highest BCUT2D eigenvalue weighted by atomic mass is 16.1. The minimum absolute atomic E-state index is 0.0446. The normalized spacial score (nSPS) is 13.5. The Morgan fingerprint density at radius 2 is 1.75 bits per heavy atom. The Labute approximate surface area is 170 Å². The molecule has 154 valence electrons. The molecule has 2 rings (SSSR count). The molecule has 4 heteroatoms. The van der Waals surface area contributed by atoms with Gasteiger partial charge in [0.15, 0.2) is 0 Å². The van der Waals surface area contributed by atoms with Crippen molar-refractivity contribution in [3.8, 4) is 5.69 Å². The summed E-state index contributed by atoms with van der Waals surface area (Å²) in [5, 5.41) is 7.96. The molecular formula is C24H37N3O. The highest BCUT2D eigenvalue weighted by Crippen LogP contribution is 2.29. The van der Waals surface area contributed by atoms with Crippen LogP contribution in [-0.4, -0.2) is 15.7 Å². The second-order valence-electron chi connectivity index (χ2n) is 10.5. The Bertz CT molecular complexity index is 835. The van der Waals surface area contributed by atoms with Gasteiger partial charge in [-0.2, -0.15) is 5.10 Å². The van der Waals surface area contributed by atoms with Crippen LogP contribution in [0.5, 0.6) is 0 Å². The molecule has 0 bridgehead atoms. The number of anilines is 1. The third-order valence-corrected chi connectivity index (χ3v) is 4.82. The lowest BCUT2D eigenvalue weighted by molar-refractivity contribution is -0.117. The molecule has 0 radical (unpaired) electrons. The fourth-order valence-electron chi connectivity index (χ4n) is 3.69. The molecule has 0 aliphatic rings. The van der Waals surface area contributed by atoms with Crippen LogP contribution in [0.15, 0.2) is 24.3 Å². The number of nitrogens with one attached hydrogen (secondary N) is 1. The van der Waals surface area contributed by atoms with Crippen LogP contribution in [0.3, 0.4) is 0 Å². The fraction of sp³-hybridized carbons (Fsp3) is 0.583. The van der Waals surface area contributed by atoms with Gasteiger partial charge in [0.2, 0.25) is 5.91 Å². The van der Waals surface area contributed by atoms with Crippen molar-refractivity contribution in [2.45, 2.75) is 80.6 Å². The van der Waals surface area contributed by atoms with Gasteiger partial charge in [0.25, 0.3) is 0 Å². The summed E-state index contributed by atoms with van der Waals surface area (Å²) in [6.45, 7) is 19.4. The molecule has 0 spiro atoms. The number of hydrogen-bond acceptors (Lipinski definition) is 2. The van der Waals surface area contributed by atoms with Gasteiger partial charge in [-0.25, -0.2) is 4.68 Å². The summed E-state index contributed by atoms with van der Waals surface area (Å²) in [5.41, 5.74) is 4.44. The molecule has 1 heterocycles. The van der Waals surface area contributed by atoms with Crippen LogP contribution in [0, 0.1) is 25.2 Å². The van der Waals surface area contributed by atoms with E-state index in [9.17, 15) is 4.79 Å². The van der Waals surface area contributed by atoms with E-state index < -0.39 is 0 Å². The van der Waals surface area contributed by atoms with Gasteiger partial charge in [-0.15, -0.1) is 0 Å². The first-order valence-corrected chi connectivity index (χ1v) is 10.2. The summed E-state index contributed by atoms with van der Waals surface area (Å²) < 4.78 is 1.88. The summed E-state index contributed by atoms with van der Waals surface area (Å²) in [6, 6.07) is 8.30. The van der Waals surface area contributed by atoms with Crippen molar-refractivity contribution in [3.63, 3.8) is 0 Å². The Balaban J connectivity index is 2.32. The first kappa shape index (κ1) is 22.2. The average molecular weight is 384 g/mol. The number of aromatic nitrogens is 2. The minimum Gasteiger partial charge on any atom is -0.311 e. The third-order valence-electron chi connectivity index (χ3n) is 4.82.